The summed E-state index contributed by atoms with van der Waals surface area (Å²) in [5.74, 6) is -0.241. The van der Waals surface area contributed by atoms with Gasteiger partial charge in [-0.3, -0.25) is 9.89 Å². The van der Waals surface area contributed by atoms with Gasteiger partial charge in [0.1, 0.15) is 18.0 Å². The van der Waals surface area contributed by atoms with Crippen LogP contribution in [0, 0.1) is 11.7 Å². The van der Waals surface area contributed by atoms with Crippen LogP contribution in [0.1, 0.15) is 34.9 Å². The lowest BCUT2D eigenvalue weighted by Crippen LogP contribution is -2.32. The van der Waals surface area contributed by atoms with E-state index in [9.17, 15) is 14.3 Å². The van der Waals surface area contributed by atoms with Crippen LogP contribution in [0.2, 0.25) is 5.02 Å². The van der Waals surface area contributed by atoms with Crippen LogP contribution >= 0.6 is 11.6 Å². The van der Waals surface area contributed by atoms with Crippen LogP contribution in [-0.2, 0) is 0 Å². The number of rotatable bonds is 4. The van der Waals surface area contributed by atoms with Crippen LogP contribution in [0.5, 0.6) is 0 Å². The molecule has 0 spiro atoms. The number of aliphatic hydroxyl groups is 1. The Balaban J connectivity index is 1.60. The number of H-pyrrole nitrogens is 1. The van der Waals surface area contributed by atoms with E-state index >= 15 is 0 Å². The van der Waals surface area contributed by atoms with E-state index in [0.29, 0.717) is 12.8 Å². The van der Waals surface area contributed by atoms with E-state index in [0.717, 1.165) is 11.9 Å². The van der Waals surface area contributed by atoms with Crippen molar-refractivity contribution in [2.24, 2.45) is 5.92 Å². The number of nitrogens with one attached hydrogen (secondary N) is 2. The molecule has 1 aromatic heterocycles. The van der Waals surface area contributed by atoms with Crippen molar-refractivity contribution in [3.63, 3.8) is 0 Å². The summed E-state index contributed by atoms with van der Waals surface area (Å²) in [5.41, 5.74) is 0.0888. The standard InChI is InChI=1S/C15H16ClFN4O2/c16-12-2-1-10(17)5-11(12)15(23)18-6-9-3-8(4-13(9)22)14-19-7-20-21-14/h1-2,5,7-9,13,22H,3-4,6H2,(H,18,23)(H,19,20,21)/t8-,9+,13+/m1/s1. The molecule has 0 saturated heterocycles. The first-order valence-electron chi connectivity index (χ1n) is 7.31. The molecule has 122 valence electrons. The molecule has 0 bridgehead atoms. The summed E-state index contributed by atoms with van der Waals surface area (Å²) in [4.78, 5) is 16.2. The number of aromatic amines is 1. The monoisotopic (exact) mass is 338 g/mol. The van der Waals surface area contributed by atoms with Crippen LogP contribution in [0.15, 0.2) is 24.5 Å². The molecule has 1 aliphatic carbocycles. The van der Waals surface area contributed by atoms with Gasteiger partial charge in [-0.2, -0.15) is 5.10 Å². The number of carbonyl (C=O) groups excluding carboxylic acids is 1. The first kappa shape index (κ1) is 15.9. The van der Waals surface area contributed by atoms with E-state index < -0.39 is 17.8 Å². The quantitative estimate of drug-likeness (QED) is 0.794. The topological polar surface area (TPSA) is 90.9 Å². The maximum atomic E-state index is 13.2. The van der Waals surface area contributed by atoms with Crippen LogP contribution in [0.3, 0.4) is 0 Å². The first-order valence-corrected chi connectivity index (χ1v) is 7.69. The number of nitrogens with zero attached hydrogens (tertiary/aromatic N) is 2. The predicted molar refractivity (Wildman–Crippen MR) is 81.6 cm³/mol. The molecule has 3 N–H and O–H groups in total. The fourth-order valence-corrected chi connectivity index (χ4v) is 3.15. The molecule has 2 aromatic rings. The van der Waals surface area contributed by atoms with Gasteiger partial charge in [0.2, 0.25) is 0 Å². The zero-order valence-electron chi connectivity index (χ0n) is 12.2. The van der Waals surface area contributed by atoms with Crippen LogP contribution in [-0.4, -0.2) is 38.8 Å². The molecule has 1 saturated carbocycles. The highest BCUT2D eigenvalue weighted by atomic mass is 35.5. The molecule has 1 heterocycles. The number of aromatic nitrogens is 3. The number of aliphatic hydroxyl groups excluding tert-OH is 1. The normalized spacial score (nSPS) is 23.9. The van der Waals surface area contributed by atoms with Gasteiger partial charge in [-0.25, -0.2) is 9.37 Å². The van der Waals surface area contributed by atoms with Gasteiger partial charge in [0.15, 0.2) is 0 Å². The van der Waals surface area contributed by atoms with Crippen molar-refractivity contribution in [3.05, 3.63) is 46.8 Å². The molecule has 1 amide bonds. The van der Waals surface area contributed by atoms with Crippen molar-refractivity contribution in [1.82, 2.24) is 20.5 Å². The molecule has 0 radical (unpaired) electrons. The van der Waals surface area contributed by atoms with Crippen molar-refractivity contribution in [1.29, 1.82) is 0 Å². The largest absolute Gasteiger partial charge is 0.393 e. The lowest BCUT2D eigenvalue weighted by Gasteiger charge is -2.15. The van der Waals surface area contributed by atoms with Gasteiger partial charge in [0.05, 0.1) is 16.7 Å². The Bertz CT molecular complexity index is 695. The molecule has 3 atom stereocenters. The maximum absolute atomic E-state index is 13.2. The minimum atomic E-state index is -0.534. The molecule has 3 rings (SSSR count). The second-order valence-electron chi connectivity index (χ2n) is 5.70. The fourth-order valence-electron chi connectivity index (χ4n) is 2.95. The molecule has 8 heteroatoms. The van der Waals surface area contributed by atoms with Gasteiger partial charge in [0, 0.05) is 18.4 Å². The Morgan fingerprint density at radius 2 is 2.30 bits per heavy atom. The summed E-state index contributed by atoms with van der Waals surface area (Å²) in [6, 6.07) is 3.64. The van der Waals surface area contributed by atoms with E-state index in [1.165, 1.54) is 18.5 Å². The highest BCUT2D eigenvalue weighted by molar-refractivity contribution is 6.33. The highest BCUT2D eigenvalue weighted by Gasteiger charge is 2.35. The second kappa shape index (κ2) is 6.64. The Morgan fingerprint density at radius 3 is 3.04 bits per heavy atom. The van der Waals surface area contributed by atoms with Crippen molar-refractivity contribution in [2.75, 3.05) is 6.54 Å². The lowest BCUT2D eigenvalue weighted by atomic mass is 10.0. The summed E-state index contributed by atoms with van der Waals surface area (Å²) in [5, 5.41) is 19.7. The summed E-state index contributed by atoms with van der Waals surface area (Å²) in [6.45, 7) is 0.289. The summed E-state index contributed by atoms with van der Waals surface area (Å²) < 4.78 is 13.2. The van der Waals surface area contributed by atoms with Gasteiger partial charge in [-0.05, 0) is 31.0 Å². The van der Waals surface area contributed by atoms with Gasteiger partial charge < -0.3 is 10.4 Å². The number of hydrogen-bond acceptors (Lipinski definition) is 4. The van der Waals surface area contributed by atoms with E-state index in [1.807, 2.05) is 0 Å². The average Bonchev–Trinajstić information content (AvgIpc) is 3.17. The molecule has 1 aliphatic rings. The first-order chi connectivity index (χ1) is 11.0. The summed E-state index contributed by atoms with van der Waals surface area (Å²) in [6.07, 6.45) is 2.15. The summed E-state index contributed by atoms with van der Waals surface area (Å²) in [7, 11) is 0. The van der Waals surface area contributed by atoms with Crippen molar-refractivity contribution >= 4 is 17.5 Å². The van der Waals surface area contributed by atoms with E-state index in [2.05, 4.69) is 20.5 Å². The third kappa shape index (κ3) is 3.51. The minimum Gasteiger partial charge on any atom is -0.393 e. The predicted octanol–water partition coefficient (Wildman–Crippen LogP) is 1.88. The molecule has 1 fully saturated rings. The van der Waals surface area contributed by atoms with Crippen LogP contribution in [0.4, 0.5) is 4.39 Å². The van der Waals surface area contributed by atoms with Gasteiger partial charge >= 0.3 is 0 Å². The number of hydrogen-bond donors (Lipinski definition) is 3. The smallest absolute Gasteiger partial charge is 0.252 e. The molecule has 23 heavy (non-hydrogen) atoms. The molecule has 0 aliphatic heterocycles. The average molecular weight is 339 g/mol. The Kier molecular flexibility index (Phi) is 4.58. The van der Waals surface area contributed by atoms with Crippen molar-refractivity contribution in [2.45, 2.75) is 24.9 Å². The minimum absolute atomic E-state index is 0.0888. The van der Waals surface area contributed by atoms with Gasteiger partial charge in [-0.15, -0.1) is 0 Å². The highest BCUT2D eigenvalue weighted by Crippen LogP contribution is 2.36. The van der Waals surface area contributed by atoms with E-state index in [-0.39, 0.29) is 29.0 Å². The van der Waals surface area contributed by atoms with E-state index in [1.54, 1.807) is 0 Å². The van der Waals surface area contributed by atoms with Crippen molar-refractivity contribution < 1.29 is 14.3 Å². The molecule has 6 nitrogen and oxygen atoms in total. The molecule has 1 aromatic carbocycles. The number of carbonyl (C=O) groups is 1. The number of benzene rings is 1. The third-order valence-corrected chi connectivity index (χ3v) is 4.51. The van der Waals surface area contributed by atoms with Crippen LogP contribution < -0.4 is 5.32 Å². The SMILES string of the molecule is O=C(NC[C@@H]1C[C@@H](c2ncn[nH]2)C[C@@H]1O)c1cc(F)ccc1Cl. The Labute approximate surface area is 137 Å². The van der Waals surface area contributed by atoms with Crippen molar-refractivity contribution in [3.8, 4) is 0 Å². The zero-order valence-corrected chi connectivity index (χ0v) is 12.9. The zero-order chi connectivity index (χ0) is 16.4. The fraction of sp³-hybridized carbons (Fsp3) is 0.400. The van der Waals surface area contributed by atoms with Gasteiger partial charge in [0.25, 0.3) is 5.91 Å². The molecule has 0 unspecified atom stereocenters. The Morgan fingerprint density at radius 1 is 1.48 bits per heavy atom. The molecular weight excluding hydrogens is 323 g/mol. The lowest BCUT2D eigenvalue weighted by molar-refractivity contribution is 0.0916. The summed E-state index contributed by atoms with van der Waals surface area (Å²) >= 11 is 5.91. The number of amides is 1. The van der Waals surface area contributed by atoms with E-state index in [4.69, 9.17) is 11.6 Å². The Hall–Kier alpha value is -1.99. The third-order valence-electron chi connectivity index (χ3n) is 4.18. The maximum Gasteiger partial charge on any atom is 0.252 e. The van der Waals surface area contributed by atoms with Gasteiger partial charge in [-0.1, -0.05) is 11.6 Å². The second-order valence-corrected chi connectivity index (χ2v) is 6.11. The van der Waals surface area contributed by atoms with Crippen LogP contribution in [0.25, 0.3) is 0 Å². The number of halogens is 2. The molecular formula is C15H16ClFN4O2.